The van der Waals surface area contributed by atoms with Crippen molar-refractivity contribution in [2.75, 3.05) is 0 Å². The van der Waals surface area contributed by atoms with Crippen LogP contribution in [0, 0.1) is 5.82 Å². The Morgan fingerprint density at radius 2 is 2.06 bits per heavy atom. The molecule has 0 aliphatic rings. The van der Waals surface area contributed by atoms with Gasteiger partial charge >= 0.3 is 0 Å². The van der Waals surface area contributed by atoms with Crippen molar-refractivity contribution in [3.63, 3.8) is 0 Å². The molecule has 0 saturated carbocycles. The van der Waals surface area contributed by atoms with Crippen LogP contribution in [0.1, 0.15) is 45.1 Å². The Morgan fingerprint density at radius 1 is 1.35 bits per heavy atom. The van der Waals surface area contributed by atoms with Crippen molar-refractivity contribution >= 4 is 15.9 Å². The molecule has 0 spiro atoms. The summed E-state index contributed by atoms with van der Waals surface area (Å²) in [6.07, 6.45) is 4.31. The highest BCUT2D eigenvalue weighted by Crippen LogP contribution is 2.23. The van der Waals surface area contributed by atoms with Gasteiger partial charge < -0.3 is 5.11 Å². The van der Waals surface area contributed by atoms with Crippen LogP contribution in [0.3, 0.4) is 0 Å². The van der Waals surface area contributed by atoms with Crippen molar-refractivity contribution in [2.24, 2.45) is 0 Å². The molecule has 1 rings (SSSR count). The second-order valence-electron chi connectivity index (χ2n) is 4.87. The fourth-order valence-corrected chi connectivity index (χ4v) is 2.25. The second kappa shape index (κ2) is 6.50. The van der Waals surface area contributed by atoms with Gasteiger partial charge in [-0.3, -0.25) is 0 Å². The summed E-state index contributed by atoms with van der Waals surface area (Å²) >= 11 is 3.22. The van der Waals surface area contributed by atoms with Crippen LogP contribution in [0.5, 0.6) is 0 Å². The Morgan fingerprint density at radius 3 is 2.65 bits per heavy atom. The molecule has 0 aliphatic heterocycles. The van der Waals surface area contributed by atoms with Crippen LogP contribution in [0.2, 0.25) is 0 Å². The molecule has 0 aromatic heterocycles. The van der Waals surface area contributed by atoms with E-state index in [0.717, 1.165) is 30.2 Å². The lowest BCUT2D eigenvalue weighted by Crippen LogP contribution is -2.27. The van der Waals surface area contributed by atoms with Crippen LogP contribution in [0.15, 0.2) is 22.7 Å². The molecule has 0 saturated heterocycles. The summed E-state index contributed by atoms with van der Waals surface area (Å²) in [5.74, 6) is -0.254. The van der Waals surface area contributed by atoms with Gasteiger partial charge in [0.2, 0.25) is 0 Å². The maximum atomic E-state index is 13.6. The summed E-state index contributed by atoms with van der Waals surface area (Å²) in [6, 6.07) is 4.98. The van der Waals surface area contributed by atoms with Crippen molar-refractivity contribution < 1.29 is 9.50 Å². The Labute approximate surface area is 111 Å². The maximum Gasteiger partial charge on any atom is 0.127 e. The summed E-state index contributed by atoms with van der Waals surface area (Å²) in [7, 11) is 0. The molecule has 0 bridgehead atoms. The molecule has 3 heteroatoms. The summed E-state index contributed by atoms with van der Waals surface area (Å²) in [6.45, 7) is 3.91. The third-order valence-electron chi connectivity index (χ3n) is 2.91. The first kappa shape index (κ1) is 14.7. The lowest BCUT2D eigenvalue weighted by molar-refractivity contribution is 0.0477. The number of hydrogen-bond acceptors (Lipinski definition) is 1. The number of benzene rings is 1. The van der Waals surface area contributed by atoms with Gasteiger partial charge in [0.15, 0.2) is 0 Å². The highest BCUT2D eigenvalue weighted by atomic mass is 79.9. The third kappa shape index (κ3) is 5.17. The standard InChI is InChI=1S/C14H20BrFO/c1-3-4-5-8-14(2,17)10-11-6-7-12(15)9-13(11)16/h6-7,9,17H,3-5,8,10H2,1-2H3. The fourth-order valence-electron chi connectivity index (χ4n) is 1.92. The van der Waals surface area contributed by atoms with Crippen molar-refractivity contribution in [2.45, 2.75) is 51.6 Å². The van der Waals surface area contributed by atoms with E-state index in [0.29, 0.717) is 12.0 Å². The molecule has 1 unspecified atom stereocenters. The van der Waals surface area contributed by atoms with E-state index >= 15 is 0 Å². The average Bonchev–Trinajstić information content (AvgIpc) is 2.22. The smallest absolute Gasteiger partial charge is 0.127 e. The predicted molar refractivity (Wildman–Crippen MR) is 72.6 cm³/mol. The number of halogens is 2. The van der Waals surface area contributed by atoms with Gasteiger partial charge in [0.25, 0.3) is 0 Å². The first-order valence-electron chi connectivity index (χ1n) is 6.11. The Hall–Kier alpha value is -0.410. The van der Waals surface area contributed by atoms with Gasteiger partial charge in [-0.15, -0.1) is 0 Å². The van der Waals surface area contributed by atoms with Crippen LogP contribution in [-0.4, -0.2) is 10.7 Å². The Kier molecular flexibility index (Phi) is 5.60. The Balaban J connectivity index is 2.62. The molecule has 96 valence electrons. The van der Waals surface area contributed by atoms with Crippen molar-refractivity contribution in [3.8, 4) is 0 Å². The normalized spacial score (nSPS) is 14.6. The molecule has 1 aromatic rings. The molecular weight excluding hydrogens is 283 g/mol. The summed E-state index contributed by atoms with van der Waals surface area (Å²) in [5, 5.41) is 10.2. The van der Waals surface area contributed by atoms with E-state index in [4.69, 9.17) is 0 Å². The minimum Gasteiger partial charge on any atom is -0.390 e. The summed E-state index contributed by atoms with van der Waals surface area (Å²) < 4.78 is 14.4. The summed E-state index contributed by atoms with van der Waals surface area (Å²) in [4.78, 5) is 0. The SMILES string of the molecule is CCCCCC(C)(O)Cc1ccc(Br)cc1F. The van der Waals surface area contributed by atoms with E-state index in [2.05, 4.69) is 22.9 Å². The second-order valence-corrected chi connectivity index (χ2v) is 5.78. The Bertz CT molecular complexity index is 363. The van der Waals surface area contributed by atoms with Gasteiger partial charge in [-0.25, -0.2) is 4.39 Å². The molecule has 1 N–H and O–H groups in total. The van der Waals surface area contributed by atoms with Gasteiger partial charge in [0.05, 0.1) is 5.60 Å². The third-order valence-corrected chi connectivity index (χ3v) is 3.40. The van der Waals surface area contributed by atoms with Gasteiger partial charge in [0, 0.05) is 10.9 Å². The van der Waals surface area contributed by atoms with Crippen molar-refractivity contribution in [1.82, 2.24) is 0 Å². The van der Waals surface area contributed by atoms with Gasteiger partial charge in [-0.05, 0) is 31.0 Å². The lowest BCUT2D eigenvalue weighted by Gasteiger charge is -2.23. The van der Waals surface area contributed by atoms with Crippen LogP contribution in [0.4, 0.5) is 4.39 Å². The van der Waals surface area contributed by atoms with Gasteiger partial charge in [-0.2, -0.15) is 0 Å². The van der Waals surface area contributed by atoms with Crippen LogP contribution in [-0.2, 0) is 6.42 Å². The van der Waals surface area contributed by atoms with Crippen LogP contribution in [0.25, 0.3) is 0 Å². The topological polar surface area (TPSA) is 20.2 Å². The maximum absolute atomic E-state index is 13.6. The van der Waals surface area contributed by atoms with Crippen molar-refractivity contribution in [3.05, 3.63) is 34.1 Å². The van der Waals surface area contributed by atoms with Crippen LogP contribution >= 0.6 is 15.9 Å². The highest BCUT2D eigenvalue weighted by molar-refractivity contribution is 9.10. The van der Waals surface area contributed by atoms with Gasteiger partial charge in [-0.1, -0.05) is 48.2 Å². The van der Waals surface area contributed by atoms with Gasteiger partial charge in [0.1, 0.15) is 5.82 Å². The molecule has 0 aliphatic carbocycles. The molecule has 0 heterocycles. The molecule has 0 amide bonds. The first-order valence-corrected chi connectivity index (χ1v) is 6.90. The van der Waals surface area contributed by atoms with Crippen molar-refractivity contribution in [1.29, 1.82) is 0 Å². The quantitative estimate of drug-likeness (QED) is 0.769. The zero-order valence-electron chi connectivity index (χ0n) is 10.5. The minimum absolute atomic E-state index is 0.254. The molecule has 0 radical (unpaired) electrons. The molecule has 1 nitrogen and oxygen atoms in total. The highest BCUT2D eigenvalue weighted by Gasteiger charge is 2.21. The molecule has 17 heavy (non-hydrogen) atoms. The molecule has 0 fully saturated rings. The number of hydrogen-bond donors (Lipinski definition) is 1. The predicted octanol–water partition coefficient (Wildman–Crippen LogP) is 4.46. The monoisotopic (exact) mass is 302 g/mol. The zero-order chi connectivity index (χ0) is 12.9. The lowest BCUT2D eigenvalue weighted by atomic mass is 9.91. The van der Waals surface area contributed by atoms with E-state index < -0.39 is 5.60 Å². The number of aliphatic hydroxyl groups is 1. The summed E-state index contributed by atoms with van der Waals surface area (Å²) in [5.41, 5.74) is -0.237. The largest absolute Gasteiger partial charge is 0.390 e. The first-order chi connectivity index (χ1) is 7.94. The molecule has 1 atom stereocenters. The van der Waals surface area contributed by atoms with E-state index in [-0.39, 0.29) is 5.82 Å². The molecular formula is C14H20BrFO. The van der Waals surface area contributed by atoms with E-state index in [9.17, 15) is 9.50 Å². The van der Waals surface area contributed by atoms with E-state index in [1.165, 1.54) is 6.07 Å². The van der Waals surface area contributed by atoms with E-state index in [1.54, 1.807) is 19.1 Å². The average molecular weight is 303 g/mol. The number of unbranched alkanes of at least 4 members (excludes halogenated alkanes) is 2. The van der Waals surface area contributed by atoms with Crippen LogP contribution < -0.4 is 0 Å². The fraction of sp³-hybridized carbons (Fsp3) is 0.571. The minimum atomic E-state index is -0.816. The number of rotatable bonds is 6. The molecule has 1 aromatic carbocycles. The zero-order valence-corrected chi connectivity index (χ0v) is 12.1. The van der Waals surface area contributed by atoms with E-state index in [1.807, 2.05) is 0 Å².